The molecule has 0 saturated heterocycles. The zero-order chi connectivity index (χ0) is 18.2. The number of benzene rings is 2. The molecule has 0 spiro atoms. The molecule has 2 aromatic carbocycles. The van der Waals surface area contributed by atoms with Crippen LogP contribution in [0.15, 0.2) is 41.5 Å². The highest BCUT2D eigenvalue weighted by Gasteiger charge is 2.14. The third-order valence-corrected chi connectivity index (χ3v) is 3.46. The summed E-state index contributed by atoms with van der Waals surface area (Å²) < 4.78 is 20.9. The van der Waals surface area contributed by atoms with E-state index in [0.717, 1.165) is 0 Å². The lowest BCUT2D eigenvalue weighted by Gasteiger charge is -2.13. The molecule has 25 heavy (non-hydrogen) atoms. The Morgan fingerprint density at radius 3 is 2.12 bits per heavy atom. The number of ether oxygens (including phenoxy) is 4. The summed E-state index contributed by atoms with van der Waals surface area (Å²) in [4.78, 5) is 12.1. The van der Waals surface area contributed by atoms with Gasteiger partial charge >= 0.3 is 0 Å². The van der Waals surface area contributed by atoms with E-state index >= 15 is 0 Å². The standard InChI is InChI=1S/C18H20N2O5/c1-22-14-8-5-12(6-9-14)18(21)20-19-11-13-7-10-15(23-2)17(25-4)16(13)24-3/h5-11H,1-4H3,(H,20,21)/b19-11-. The maximum Gasteiger partial charge on any atom is 0.271 e. The van der Waals surface area contributed by atoms with Crippen molar-refractivity contribution in [3.8, 4) is 23.0 Å². The summed E-state index contributed by atoms with van der Waals surface area (Å²) in [7, 11) is 6.15. The molecule has 2 aromatic rings. The van der Waals surface area contributed by atoms with E-state index in [4.69, 9.17) is 18.9 Å². The summed E-state index contributed by atoms with van der Waals surface area (Å²) in [5.41, 5.74) is 3.57. The van der Waals surface area contributed by atoms with E-state index < -0.39 is 0 Å². The quantitative estimate of drug-likeness (QED) is 0.617. The first kappa shape index (κ1) is 18.1. The van der Waals surface area contributed by atoms with Gasteiger partial charge in [0.1, 0.15) is 5.75 Å². The molecule has 2 rings (SSSR count). The van der Waals surface area contributed by atoms with Crippen molar-refractivity contribution >= 4 is 12.1 Å². The predicted molar refractivity (Wildman–Crippen MR) is 94.2 cm³/mol. The SMILES string of the molecule is COc1ccc(C(=O)N/N=C\c2ccc(OC)c(OC)c2OC)cc1. The van der Waals surface area contributed by atoms with Crippen LogP contribution in [0.4, 0.5) is 0 Å². The first-order valence-corrected chi connectivity index (χ1v) is 7.41. The summed E-state index contributed by atoms with van der Waals surface area (Å²) in [6.07, 6.45) is 1.47. The molecule has 7 heteroatoms. The van der Waals surface area contributed by atoms with Crippen LogP contribution < -0.4 is 24.4 Å². The minimum Gasteiger partial charge on any atom is -0.497 e. The largest absolute Gasteiger partial charge is 0.497 e. The van der Waals surface area contributed by atoms with Crippen LogP contribution >= 0.6 is 0 Å². The Hall–Kier alpha value is -3.22. The Balaban J connectivity index is 2.14. The molecule has 0 radical (unpaired) electrons. The van der Waals surface area contributed by atoms with Crippen LogP contribution in [0.2, 0.25) is 0 Å². The summed E-state index contributed by atoms with van der Waals surface area (Å²) in [6, 6.07) is 10.2. The molecule has 0 bridgehead atoms. The topological polar surface area (TPSA) is 78.4 Å². The van der Waals surface area contributed by atoms with Gasteiger partial charge in [-0.3, -0.25) is 4.79 Å². The number of methoxy groups -OCH3 is 4. The van der Waals surface area contributed by atoms with Crippen LogP contribution in [0.25, 0.3) is 0 Å². The molecular weight excluding hydrogens is 324 g/mol. The Labute approximate surface area is 146 Å². The smallest absolute Gasteiger partial charge is 0.271 e. The lowest BCUT2D eigenvalue weighted by molar-refractivity contribution is 0.0955. The van der Waals surface area contributed by atoms with Gasteiger partial charge < -0.3 is 18.9 Å². The van der Waals surface area contributed by atoms with Crippen LogP contribution in [0, 0.1) is 0 Å². The molecule has 0 atom stereocenters. The molecule has 132 valence electrons. The second kappa shape index (κ2) is 8.58. The summed E-state index contributed by atoms with van der Waals surface area (Å²) in [5.74, 6) is 1.80. The number of rotatable bonds is 7. The number of nitrogens with one attached hydrogen (secondary N) is 1. The van der Waals surface area contributed by atoms with Gasteiger partial charge in [-0.2, -0.15) is 5.10 Å². The van der Waals surface area contributed by atoms with E-state index in [-0.39, 0.29) is 5.91 Å². The summed E-state index contributed by atoms with van der Waals surface area (Å²) in [5, 5.41) is 3.97. The summed E-state index contributed by atoms with van der Waals surface area (Å²) in [6.45, 7) is 0. The van der Waals surface area contributed by atoms with Crippen molar-refractivity contribution in [1.29, 1.82) is 0 Å². The van der Waals surface area contributed by atoms with Crippen LogP contribution in [0.1, 0.15) is 15.9 Å². The van der Waals surface area contributed by atoms with Gasteiger partial charge in [0.2, 0.25) is 5.75 Å². The van der Waals surface area contributed by atoms with Crippen LogP contribution in [0.3, 0.4) is 0 Å². The zero-order valence-electron chi connectivity index (χ0n) is 14.5. The van der Waals surface area contributed by atoms with Crippen LogP contribution in [-0.4, -0.2) is 40.6 Å². The van der Waals surface area contributed by atoms with Crippen molar-refractivity contribution in [2.75, 3.05) is 28.4 Å². The van der Waals surface area contributed by atoms with E-state index in [1.165, 1.54) is 20.4 Å². The first-order chi connectivity index (χ1) is 12.1. The fourth-order valence-electron chi connectivity index (χ4n) is 2.19. The molecule has 1 amide bonds. The van der Waals surface area contributed by atoms with Gasteiger partial charge in [-0.1, -0.05) is 0 Å². The molecule has 0 aliphatic carbocycles. The molecule has 0 fully saturated rings. The molecule has 0 aliphatic rings. The Morgan fingerprint density at radius 2 is 1.56 bits per heavy atom. The molecule has 1 N–H and O–H groups in total. The van der Waals surface area contributed by atoms with Gasteiger partial charge in [0, 0.05) is 11.1 Å². The van der Waals surface area contributed by atoms with Crippen molar-refractivity contribution in [3.05, 3.63) is 47.5 Å². The van der Waals surface area contributed by atoms with E-state index in [1.807, 2.05) is 0 Å². The predicted octanol–water partition coefficient (Wildman–Crippen LogP) is 2.48. The van der Waals surface area contributed by atoms with E-state index in [2.05, 4.69) is 10.5 Å². The monoisotopic (exact) mass is 344 g/mol. The number of amides is 1. The number of carbonyl (C=O) groups is 1. The maximum absolute atomic E-state index is 12.1. The molecule has 0 aromatic heterocycles. The lowest BCUT2D eigenvalue weighted by atomic mass is 10.2. The molecule has 0 saturated carbocycles. The average Bonchev–Trinajstić information content (AvgIpc) is 2.67. The number of hydrogen-bond donors (Lipinski definition) is 1. The van der Waals surface area contributed by atoms with E-state index in [1.54, 1.807) is 50.6 Å². The minimum absolute atomic E-state index is 0.335. The van der Waals surface area contributed by atoms with Gasteiger partial charge in [-0.05, 0) is 36.4 Å². The molecule has 7 nitrogen and oxygen atoms in total. The Kier molecular flexibility index (Phi) is 6.22. The van der Waals surface area contributed by atoms with Crippen molar-refractivity contribution < 1.29 is 23.7 Å². The van der Waals surface area contributed by atoms with Crippen LogP contribution in [0.5, 0.6) is 23.0 Å². The Morgan fingerprint density at radius 1 is 0.880 bits per heavy atom. The third-order valence-electron chi connectivity index (χ3n) is 3.46. The van der Waals surface area contributed by atoms with Crippen molar-refractivity contribution in [3.63, 3.8) is 0 Å². The van der Waals surface area contributed by atoms with Gasteiger partial charge in [-0.25, -0.2) is 5.43 Å². The fraction of sp³-hybridized carbons (Fsp3) is 0.222. The number of hydrogen-bond acceptors (Lipinski definition) is 6. The highest BCUT2D eigenvalue weighted by molar-refractivity contribution is 5.95. The minimum atomic E-state index is -0.335. The molecule has 0 unspecified atom stereocenters. The highest BCUT2D eigenvalue weighted by atomic mass is 16.5. The van der Waals surface area contributed by atoms with Gasteiger partial charge in [0.25, 0.3) is 5.91 Å². The molecule has 0 heterocycles. The first-order valence-electron chi connectivity index (χ1n) is 7.41. The van der Waals surface area contributed by atoms with Gasteiger partial charge in [0.05, 0.1) is 34.7 Å². The third kappa shape index (κ3) is 4.20. The molecule has 0 aliphatic heterocycles. The van der Waals surface area contributed by atoms with E-state index in [0.29, 0.717) is 34.1 Å². The lowest BCUT2D eigenvalue weighted by Crippen LogP contribution is -2.17. The van der Waals surface area contributed by atoms with Gasteiger partial charge in [0.15, 0.2) is 11.5 Å². The highest BCUT2D eigenvalue weighted by Crippen LogP contribution is 2.38. The maximum atomic E-state index is 12.1. The average molecular weight is 344 g/mol. The number of carbonyl (C=O) groups excluding carboxylic acids is 1. The fourth-order valence-corrected chi connectivity index (χ4v) is 2.19. The second-order valence-corrected chi connectivity index (χ2v) is 4.85. The summed E-state index contributed by atoms with van der Waals surface area (Å²) >= 11 is 0. The Bertz CT molecular complexity index is 757. The van der Waals surface area contributed by atoms with Crippen molar-refractivity contribution in [2.45, 2.75) is 0 Å². The number of hydrazone groups is 1. The number of nitrogens with zero attached hydrogens (tertiary/aromatic N) is 1. The van der Waals surface area contributed by atoms with Crippen molar-refractivity contribution in [1.82, 2.24) is 5.43 Å². The second-order valence-electron chi connectivity index (χ2n) is 4.85. The van der Waals surface area contributed by atoms with Crippen molar-refractivity contribution in [2.24, 2.45) is 5.10 Å². The molecular formula is C18H20N2O5. The van der Waals surface area contributed by atoms with Gasteiger partial charge in [-0.15, -0.1) is 0 Å². The van der Waals surface area contributed by atoms with E-state index in [9.17, 15) is 4.79 Å². The van der Waals surface area contributed by atoms with Crippen LogP contribution in [-0.2, 0) is 0 Å². The zero-order valence-corrected chi connectivity index (χ0v) is 14.5. The normalized spacial score (nSPS) is 10.4.